The summed E-state index contributed by atoms with van der Waals surface area (Å²) in [7, 11) is 1.89. The van der Waals surface area contributed by atoms with Gasteiger partial charge < -0.3 is 15.1 Å². The van der Waals surface area contributed by atoms with E-state index in [1.54, 1.807) is 6.92 Å². The molecule has 29 heavy (non-hydrogen) atoms. The largest absolute Gasteiger partial charge is 0.373 e. The molecule has 1 fully saturated rings. The highest BCUT2D eigenvalue weighted by molar-refractivity contribution is 5.77. The first-order valence-electron chi connectivity index (χ1n) is 10.8. The molecule has 7 heteroatoms. The van der Waals surface area contributed by atoms with E-state index >= 15 is 0 Å². The number of hydrogen-bond acceptors (Lipinski definition) is 5. The van der Waals surface area contributed by atoms with E-state index < -0.39 is 0 Å². The predicted octanol–water partition coefficient (Wildman–Crippen LogP) is 2.49. The zero-order valence-corrected chi connectivity index (χ0v) is 17.5. The topological polar surface area (TPSA) is 78.4 Å². The van der Waals surface area contributed by atoms with Crippen LogP contribution in [0.4, 0.5) is 5.82 Å². The molecule has 2 aliphatic heterocycles. The first kappa shape index (κ1) is 19.9. The van der Waals surface area contributed by atoms with Gasteiger partial charge in [-0.15, -0.1) is 0 Å². The molecule has 2 amide bonds. The van der Waals surface area contributed by atoms with Crippen LogP contribution in [-0.2, 0) is 22.6 Å². The van der Waals surface area contributed by atoms with Gasteiger partial charge in [-0.2, -0.15) is 0 Å². The zero-order chi connectivity index (χ0) is 20.4. The Labute approximate surface area is 172 Å². The van der Waals surface area contributed by atoms with Gasteiger partial charge in [-0.3, -0.25) is 9.59 Å². The monoisotopic (exact) mass is 397 g/mol. The Balaban J connectivity index is 1.43. The van der Waals surface area contributed by atoms with E-state index in [0.717, 1.165) is 74.6 Å². The van der Waals surface area contributed by atoms with Crippen molar-refractivity contribution in [3.8, 4) is 0 Å². The van der Waals surface area contributed by atoms with Crippen molar-refractivity contribution in [1.82, 2.24) is 19.8 Å². The van der Waals surface area contributed by atoms with Crippen LogP contribution in [0.5, 0.6) is 0 Å². The van der Waals surface area contributed by atoms with E-state index in [2.05, 4.69) is 17.5 Å². The third-order valence-electron chi connectivity index (χ3n) is 6.53. The van der Waals surface area contributed by atoms with Crippen LogP contribution >= 0.6 is 0 Å². The second kappa shape index (κ2) is 8.51. The number of nitrogens with zero attached hydrogens (tertiary/aromatic N) is 4. The normalized spacial score (nSPS) is 21.9. The molecule has 0 aromatic carbocycles. The number of nitrogens with one attached hydrogen (secondary N) is 1. The fourth-order valence-electron chi connectivity index (χ4n) is 4.71. The van der Waals surface area contributed by atoms with Crippen LogP contribution in [0.1, 0.15) is 62.0 Å². The molecule has 1 N–H and O–H groups in total. The van der Waals surface area contributed by atoms with Crippen molar-refractivity contribution < 1.29 is 9.59 Å². The number of hydrogen-bond donors (Lipinski definition) is 1. The van der Waals surface area contributed by atoms with Gasteiger partial charge in [0.05, 0.1) is 12.2 Å². The molecule has 1 aliphatic carbocycles. The molecule has 4 rings (SSSR count). The Bertz CT molecular complexity index is 814. The van der Waals surface area contributed by atoms with Crippen molar-refractivity contribution in [3.05, 3.63) is 29.2 Å². The van der Waals surface area contributed by atoms with Gasteiger partial charge in [0.15, 0.2) is 0 Å². The quantitative estimate of drug-likeness (QED) is 0.790. The molecule has 1 saturated heterocycles. The maximum absolute atomic E-state index is 12.6. The van der Waals surface area contributed by atoms with E-state index in [9.17, 15) is 9.59 Å². The van der Waals surface area contributed by atoms with Crippen LogP contribution < -0.4 is 5.32 Å². The van der Waals surface area contributed by atoms with Crippen molar-refractivity contribution in [3.63, 3.8) is 0 Å². The lowest BCUT2D eigenvalue weighted by atomic mass is 9.94. The van der Waals surface area contributed by atoms with E-state index in [-0.39, 0.29) is 17.7 Å². The molecule has 0 bridgehead atoms. The summed E-state index contributed by atoms with van der Waals surface area (Å²) in [5.74, 6) is 2.79. The lowest BCUT2D eigenvalue weighted by molar-refractivity contribution is -0.133. The highest BCUT2D eigenvalue weighted by Crippen LogP contribution is 2.31. The second-order valence-corrected chi connectivity index (χ2v) is 8.42. The van der Waals surface area contributed by atoms with Gasteiger partial charge in [0, 0.05) is 51.5 Å². The van der Waals surface area contributed by atoms with E-state index in [0.29, 0.717) is 18.9 Å². The van der Waals surface area contributed by atoms with E-state index in [4.69, 9.17) is 9.97 Å². The Morgan fingerprint density at radius 1 is 1.14 bits per heavy atom. The van der Waals surface area contributed by atoms with Gasteiger partial charge in [-0.05, 0) is 38.0 Å². The Morgan fingerprint density at radius 2 is 1.93 bits per heavy atom. The summed E-state index contributed by atoms with van der Waals surface area (Å²) in [4.78, 5) is 37.9. The number of amides is 2. The zero-order valence-electron chi connectivity index (χ0n) is 17.5. The lowest BCUT2D eigenvalue weighted by Gasteiger charge is -2.33. The minimum Gasteiger partial charge on any atom is -0.373 e. The van der Waals surface area contributed by atoms with Crippen LogP contribution in [0, 0.1) is 5.92 Å². The minimum absolute atomic E-state index is 0.0887. The van der Waals surface area contributed by atoms with E-state index in [1.165, 1.54) is 0 Å². The Morgan fingerprint density at radius 3 is 2.59 bits per heavy atom. The van der Waals surface area contributed by atoms with Crippen LogP contribution in [0.3, 0.4) is 0 Å². The maximum atomic E-state index is 12.6. The molecule has 1 atom stereocenters. The Kier molecular flexibility index (Phi) is 5.83. The van der Waals surface area contributed by atoms with Gasteiger partial charge in [0.25, 0.3) is 0 Å². The number of piperidine rings is 1. The van der Waals surface area contributed by atoms with Crippen molar-refractivity contribution in [1.29, 1.82) is 0 Å². The first-order chi connectivity index (χ1) is 14.0. The third-order valence-corrected chi connectivity index (χ3v) is 6.53. The Hall–Kier alpha value is -2.44. The number of fused-ring (bicyclic) bond motifs is 1. The molecule has 1 unspecified atom stereocenters. The summed E-state index contributed by atoms with van der Waals surface area (Å²) < 4.78 is 0. The number of rotatable bonds is 4. The minimum atomic E-state index is 0.0887. The molecular weight excluding hydrogens is 366 g/mol. The van der Waals surface area contributed by atoms with Gasteiger partial charge in [0.2, 0.25) is 11.8 Å². The van der Waals surface area contributed by atoms with Gasteiger partial charge >= 0.3 is 0 Å². The lowest BCUT2D eigenvalue weighted by Crippen LogP contribution is -2.39. The van der Waals surface area contributed by atoms with Crippen molar-refractivity contribution in [2.75, 3.05) is 32.0 Å². The maximum Gasteiger partial charge on any atom is 0.223 e. The van der Waals surface area contributed by atoms with Crippen LogP contribution in [0.2, 0.25) is 0 Å². The number of carbonyl (C=O) groups excluding carboxylic acids is 2. The van der Waals surface area contributed by atoms with Crippen LogP contribution in [0.25, 0.3) is 0 Å². The number of allylic oxidation sites excluding steroid dienone is 2. The van der Waals surface area contributed by atoms with Crippen molar-refractivity contribution in [2.45, 2.75) is 57.9 Å². The average molecular weight is 398 g/mol. The smallest absolute Gasteiger partial charge is 0.223 e. The molecule has 1 aromatic rings. The summed E-state index contributed by atoms with van der Waals surface area (Å²) in [5.41, 5.74) is 2.10. The first-order valence-corrected chi connectivity index (χ1v) is 10.8. The molecule has 1 aromatic heterocycles. The van der Waals surface area contributed by atoms with Gasteiger partial charge in [-0.25, -0.2) is 9.97 Å². The van der Waals surface area contributed by atoms with Crippen LogP contribution in [-0.4, -0.2) is 58.3 Å². The summed E-state index contributed by atoms with van der Waals surface area (Å²) in [6.45, 7) is 4.43. The highest BCUT2D eigenvalue weighted by atomic mass is 16.2. The van der Waals surface area contributed by atoms with Gasteiger partial charge in [-0.1, -0.05) is 12.2 Å². The standard InChI is InChI=1S/C22H31N5O2/c1-15(28)27-12-9-18-19(14-27)24-21(25-22(18)23-2)17-7-10-26(11-8-17)20(29)13-16-5-3-4-6-16/h3,5,16-17H,4,6-14H2,1-2H3,(H,23,24,25). The number of likely N-dealkylation sites (tertiary alicyclic amines) is 1. The second-order valence-electron chi connectivity index (χ2n) is 8.42. The summed E-state index contributed by atoms with van der Waals surface area (Å²) in [6.07, 6.45) is 9.80. The molecule has 0 saturated carbocycles. The summed E-state index contributed by atoms with van der Waals surface area (Å²) >= 11 is 0. The SMILES string of the molecule is CNc1nc(C2CCN(C(=O)CC3C=CCC3)CC2)nc2c1CCN(C(C)=O)C2. The van der Waals surface area contributed by atoms with Crippen LogP contribution in [0.15, 0.2) is 12.2 Å². The molecule has 0 radical (unpaired) electrons. The average Bonchev–Trinajstić information content (AvgIpc) is 3.25. The molecule has 3 heterocycles. The highest BCUT2D eigenvalue weighted by Gasteiger charge is 2.29. The van der Waals surface area contributed by atoms with E-state index in [1.807, 2.05) is 16.8 Å². The molecule has 7 nitrogen and oxygen atoms in total. The number of carbonyl (C=O) groups is 2. The number of anilines is 1. The summed E-state index contributed by atoms with van der Waals surface area (Å²) in [6, 6.07) is 0. The molecule has 3 aliphatic rings. The summed E-state index contributed by atoms with van der Waals surface area (Å²) in [5, 5.41) is 3.22. The molecular formula is C22H31N5O2. The molecule has 156 valence electrons. The fourth-order valence-corrected chi connectivity index (χ4v) is 4.71. The van der Waals surface area contributed by atoms with Crippen molar-refractivity contribution in [2.24, 2.45) is 5.92 Å². The fraction of sp³-hybridized carbons (Fsp3) is 0.636. The number of aromatic nitrogens is 2. The molecule has 0 spiro atoms. The third kappa shape index (κ3) is 4.28. The van der Waals surface area contributed by atoms with Gasteiger partial charge in [0.1, 0.15) is 11.6 Å². The predicted molar refractivity (Wildman–Crippen MR) is 111 cm³/mol. The van der Waals surface area contributed by atoms with Crippen molar-refractivity contribution >= 4 is 17.6 Å².